The second-order valence-electron chi connectivity index (χ2n) is 7.93. The number of hydrogen-bond acceptors (Lipinski definition) is 10. The number of nitro groups is 1. The van der Waals surface area contributed by atoms with Crippen molar-refractivity contribution in [3.8, 4) is 5.75 Å². The summed E-state index contributed by atoms with van der Waals surface area (Å²) in [4.78, 5) is 35.4. The fraction of sp³-hybridized carbons (Fsp3) is 0.167. The van der Waals surface area contributed by atoms with Crippen molar-refractivity contribution in [2.75, 3.05) is 20.0 Å². The molecule has 2 heterocycles. The molecular formula is C24H21N3O9S. The van der Waals surface area contributed by atoms with Crippen LogP contribution < -0.4 is 10.2 Å². The van der Waals surface area contributed by atoms with Gasteiger partial charge in [-0.2, -0.15) is 0 Å². The number of methoxy groups -OCH3 is 1. The van der Waals surface area contributed by atoms with Crippen LogP contribution in [0.1, 0.15) is 27.7 Å². The van der Waals surface area contributed by atoms with Crippen LogP contribution in [0.15, 0.2) is 76.2 Å². The molecule has 1 aromatic heterocycles. The first-order chi connectivity index (χ1) is 17.6. The highest BCUT2D eigenvalue weighted by Gasteiger charge is 2.33. The number of furan rings is 1. The highest BCUT2D eigenvalue weighted by atomic mass is 32.2. The van der Waals surface area contributed by atoms with Crippen molar-refractivity contribution in [2.24, 2.45) is 0 Å². The molecule has 1 aliphatic rings. The summed E-state index contributed by atoms with van der Waals surface area (Å²) in [7, 11) is -2.35. The second kappa shape index (κ2) is 10.1. The first kappa shape index (κ1) is 25.4. The Morgan fingerprint density at radius 1 is 1.16 bits per heavy atom. The van der Waals surface area contributed by atoms with Gasteiger partial charge in [-0.25, -0.2) is 18.2 Å². The summed E-state index contributed by atoms with van der Waals surface area (Å²) in [5.41, 5.74) is 3.32. The molecule has 0 bridgehead atoms. The van der Waals surface area contributed by atoms with Gasteiger partial charge in [-0.1, -0.05) is 0 Å². The highest BCUT2D eigenvalue weighted by molar-refractivity contribution is 7.90. The van der Waals surface area contributed by atoms with E-state index in [1.54, 1.807) is 49.6 Å². The Bertz CT molecular complexity index is 1480. The molecule has 4 rings (SSSR count). The minimum atomic E-state index is -3.90. The summed E-state index contributed by atoms with van der Waals surface area (Å²) in [5.74, 6) is -0.539. The van der Waals surface area contributed by atoms with E-state index in [-0.39, 0.29) is 5.56 Å². The van der Waals surface area contributed by atoms with Gasteiger partial charge in [0.2, 0.25) is 0 Å². The minimum absolute atomic E-state index is 0.277. The molecule has 0 saturated heterocycles. The molecule has 2 aromatic carbocycles. The van der Waals surface area contributed by atoms with Crippen LogP contribution in [0.25, 0.3) is 5.70 Å². The largest absolute Gasteiger partial charge is 0.497 e. The van der Waals surface area contributed by atoms with Crippen LogP contribution in [0.2, 0.25) is 0 Å². The minimum Gasteiger partial charge on any atom is -0.497 e. The lowest BCUT2D eigenvalue weighted by molar-refractivity contribution is -0.387. The van der Waals surface area contributed by atoms with Crippen molar-refractivity contribution in [1.82, 2.24) is 10.4 Å². The summed E-state index contributed by atoms with van der Waals surface area (Å²) in [5, 5.41) is 12.6. The van der Waals surface area contributed by atoms with E-state index >= 15 is 0 Å². The summed E-state index contributed by atoms with van der Waals surface area (Å²) in [6.07, 6.45) is 4.05. The number of sulfone groups is 1. The zero-order chi connectivity index (χ0) is 26.7. The van der Waals surface area contributed by atoms with Gasteiger partial charge in [0.25, 0.3) is 11.6 Å². The molecule has 12 nitrogen and oxygen atoms in total. The monoisotopic (exact) mass is 527 g/mol. The lowest BCUT2D eigenvalue weighted by atomic mass is 10.1. The number of nitrogens with zero attached hydrogens (tertiary/aromatic N) is 2. The van der Waals surface area contributed by atoms with Gasteiger partial charge in [0.1, 0.15) is 22.4 Å². The molecule has 3 aromatic rings. The third kappa shape index (κ3) is 5.46. The van der Waals surface area contributed by atoms with E-state index in [1.165, 1.54) is 11.3 Å². The normalized spacial score (nSPS) is 15.0. The van der Waals surface area contributed by atoms with E-state index in [2.05, 4.69) is 5.43 Å². The number of nitro benzene ring substituents is 1. The SMILES string of the molecule is COc1ccc(C2=C[C@H](c3ccco3)N(C(=O)COC(=O)c3ccc(S(C)(=O)=O)c([N+](=O)[O-])c3)N2)cc1. The van der Waals surface area contributed by atoms with Crippen LogP contribution in [0, 0.1) is 10.1 Å². The van der Waals surface area contributed by atoms with Crippen molar-refractivity contribution in [2.45, 2.75) is 10.9 Å². The average Bonchev–Trinajstić information content (AvgIpc) is 3.56. The molecule has 1 N–H and O–H groups in total. The summed E-state index contributed by atoms with van der Waals surface area (Å²) in [6.45, 7) is -0.700. The lowest BCUT2D eigenvalue weighted by Gasteiger charge is -2.23. The van der Waals surface area contributed by atoms with E-state index < -0.39 is 49.9 Å². The molecule has 13 heteroatoms. The van der Waals surface area contributed by atoms with Crippen LogP contribution in [0.5, 0.6) is 5.75 Å². The van der Waals surface area contributed by atoms with E-state index in [9.17, 15) is 28.1 Å². The topological polar surface area (TPSA) is 158 Å². The maximum absolute atomic E-state index is 13.0. The molecule has 37 heavy (non-hydrogen) atoms. The van der Waals surface area contributed by atoms with Gasteiger partial charge in [0.15, 0.2) is 16.4 Å². The van der Waals surface area contributed by atoms with Gasteiger partial charge in [0.05, 0.1) is 29.6 Å². The standard InChI is InChI=1S/C24H21N3O9S/c1-34-17-8-5-15(6-9-17)18-13-19(21-4-3-11-35-21)26(25-18)23(28)14-36-24(29)16-7-10-22(37(2,32)33)20(12-16)27(30)31/h3-13,19,25H,14H2,1-2H3/t19-/m1/s1. The van der Waals surface area contributed by atoms with Crippen molar-refractivity contribution in [3.05, 3.63) is 93.9 Å². The fourth-order valence-electron chi connectivity index (χ4n) is 3.67. The molecule has 0 saturated carbocycles. The number of amides is 1. The Morgan fingerprint density at radius 2 is 1.89 bits per heavy atom. The van der Waals surface area contributed by atoms with Crippen molar-refractivity contribution >= 4 is 33.1 Å². The maximum atomic E-state index is 13.0. The molecule has 1 aliphatic heterocycles. The van der Waals surface area contributed by atoms with Crippen molar-refractivity contribution in [1.29, 1.82) is 0 Å². The van der Waals surface area contributed by atoms with E-state index in [4.69, 9.17) is 13.9 Å². The first-order valence-corrected chi connectivity index (χ1v) is 12.6. The number of hydrazine groups is 1. The van der Waals surface area contributed by atoms with Gasteiger partial charge in [-0.05, 0) is 60.2 Å². The average molecular weight is 528 g/mol. The van der Waals surface area contributed by atoms with E-state index in [0.717, 1.165) is 30.0 Å². The van der Waals surface area contributed by atoms with Crippen LogP contribution >= 0.6 is 0 Å². The smallest absolute Gasteiger partial charge is 0.338 e. The van der Waals surface area contributed by atoms with Crippen LogP contribution in [0.4, 0.5) is 5.69 Å². The third-order valence-electron chi connectivity index (χ3n) is 5.47. The number of benzene rings is 2. The Kier molecular flexibility index (Phi) is 6.98. The van der Waals surface area contributed by atoms with Crippen LogP contribution in [-0.4, -0.2) is 50.2 Å². The predicted octanol–water partition coefficient (Wildman–Crippen LogP) is 2.89. The van der Waals surface area contributed by atoms with Gasteiger partial charge in [-0.15, -0.1) is 0 Å². The third-order valence-corrected chi connectivity index (χ3v) is 6.61. The molecule has 192 valence electrons. The number of ether oxygens (including phenoxy) is 2. The number of carbonyl (C=O) groups is 2. The molecule has 0 radical (unpaired) electrons. The Morgan fingerprint density at radius 3 is 2.49 bits per heavy atom. The molecular weight excluding hydrogens is 506 g/mol. The van der Waals surface area contributed by atoms with Crippen LogP contribution in [-0.2, 0) is 19.4 Å². The Labute approximate surface area is 211 Å². The highest BCUT2D eigenvalue weighted by Crippen LogP contribution is 2.32. The van der Waals surface area contributed by atoms with E-state index in [1.807, 2.05) is 0 Å². The molecule has 0 unspecified atom stereocenters. The molecule has 0 fully saturated rings. The molecule has 0 aliphatic carbocycles. The number of hydrogen-bond donors (Lipinski definition) is 1. The van der Waals surface area contributed by atoms with Crippen molar-refractivity contribution < 1.29 is 36.8 Å². The van der Waals surface area contributed by atoms with Gasteiger partial charge < -0.3 is 13.9 Å². The summed E-state index contributed by atoms with van der Waals surface area (Å²) in [6, 6.07) is 12.7. The summed E-state index contributed by atoms with van der Waals surface area (Å²) < 4.78 is 39.3. The Balaban J connectivity index is 1.50. The fourth-order valence-corrected chi connectivity index (χ4v) is 4.50. The second-order valence-corrected chi connectivity index (χ2v) is 9.92. The number of nitrogens with one attached hydrogen (secondary N) is 1. The Hall–Kier alpha value is -4.65. The maximum Gasteiger partial charge on any atom is 0.338 e. The predicted molar refractivity (Wildman–Crippen MR) is 129 cm³/mol. The number of carbonyl (C=O) groups excluding carboxylic acids is 2. The quantitative estimate of drug-likeness (QED) is 0.262. The zero-order valence-corrected chi connectivity index (χ0v) is 20.4. The first-order valence-electron chi connectivity index (χ1n) is 10.7. The molecule has 1 atom stereocenters. The molecule has 1 amide bonds. The van der Waals surface area contributed by atoms with Gasteiger partial charge in [-0.3, -0.25) is 20.3 Å². The van der Waals surface area contributed by atoms with Gasteiger partial charge >= 0.3 is 5.97 Å². The van der Waals surface area contributed by atoms with Crippen molar-refractivity contribution in [3.63, 3.8) is 0 Å². The van der Waals surface area contributed by atoms with Crippen LogP contribution in [0.3, 0.4) is 0 Å². The van der Waals surface area contributed by atoms with Gasteiger partial charge in [0, 0.05) is 12.3 Å². The molecule has 0 spiro atoms. The number of esters is 1. The zero-order valence-electron chi connectivity index (χ0n) is 19.6. The lowest BCUT2D eigenvalue weighted by Crippen LogP contribution is -2.42. The number of rotatable bonds is 8. The summed E-state index contributed by atoms with van der Waals surface area (Å²) >= 11 is 0. The van der Waals surface area contributed by atoms with E-state index in [0.29, 0.717) is 17.2 Å².